The summed E-state index contributed by atoms with van der Waals surface area (Å²) in [5.74, 6) is -1.02. The lowest BCUT2D eigenvalue weighted by molar-refractivity contribution is -0.143. The van der Waals surface area contributed by atoms with Gasteiger partial charge in [-0.2, -0.15) is 0 Å². The first-order valence-electron chi connectivity index (χ1n) is 5.68. The molecule has 0 aliphatic carbocycles. The predicted molar refractivity (Wildman–Crippen MR) is 59.9 cm³/mol. The number of nitrogens with one attached hydrogen (secondary N) is 1. The van der Waals surface area contributed by atoms with Crippen molar-refractivity contribution >= 4 is 5.97 Å². The average molecular weight is 214 g/mol. The Hall–Kier alpha value is -0.610. The number of carboxylic acids is 1. The molecule has 0 saturated carbocycles. The van der Waals surface area contributed by atoms with Gasteiger partial charge in [0.25, 0.3) is 0 Å². The zero-order valence-electron chi connectivity index (χ0n) is 9.86. The van der Waals surface area contributed by atoms with Crippen LogP contribution in [-0.2, 0) is 4.79 Å². The molecular weight excluding hydrogens is 192 g/mol. The summed E-state index contributed by atoms with van der Waals surface area (Å²) in [6.45, 7) is 5.79. The number of rotatable bonds is 5. The van der Waals surface area contributed by atoms with Crippen molar-refractivity contribution < 1.29 is 9.90 Å². The number of nitrogens with zero attached hydrogens (tertiary/aromatic N) is 1. The Morgan fingerprint density at radius 1 is 1.60 bits per heavy atom. The van der Waals surface area contributed by atoms with E-state index in [9.17, 15) is 4.79 Å². The second kappa shape index (κ2) is 5.47. The fourth-order valence-electron chi connectivity index (χ4n) is 2.01. The van der Waals surface area contributed by atoms with Gasteiger partial charge in [0.2, 0.25) is 0 Å². The van der Waals surface area contributed by atoms with Crippen LogP contribution < -0.4 is 5.32 Å². The third kappa shape index (κ3) is 3.47. The summed E-state index contributed by atoms with van der Waals surface area (Å²) in [6.07, 6.45) is 2.44. The molecule has 0 bridgehead atoms. The summed E-state index contributed by atoms with van der Waals surface area (Å²) in [5, 5.41) is 12.3. The van der Waals surface area contributed by atoms with Crippen molar-refractivity contribution in [3.63, 3.8) is 0 Å². The monoisotopic (exact) mass is 214 g/mol. The zero-order chi connectivity index (χ0) is 11.4. The minimum Gasteiger partial charge on any atom is -0.481 e. The second-order valence-electron chi connectivity index (χ2n) is 4.60. The lowest BCUT2D eigenvalue weighted by Crippen LogP contribution is -2.44. The standard InChI is InChI=1S/C11H22N2O2/c1-8(11(14)15)9(2)13(3)7-10-5-4-6-12-10/h8-10,12H,4-7H2,1-3H3,(H,14,15). The molecule has 1 saturated heterocycles. The normalized spacial score (nSPS) is 25.5. The Morgan fingerprint density at radius 2 is 2.27 bits per heavy atom. The Balaban J connectivity index is 2.37. The molecule has 4 heteroatoms. The molecule has 3 atom stereocenters. The molecule has 1 aliphatic rings. The molecule has 1 fully saturated rings. The lowest BCUT2D eigenvalue weighted by atomic mass is 10.0. The van der Waals surface area contributed by atoms with E-state index in [1.165, 1.54) is 12.8 Å². The second-order valence-corrected chi connectivity index (χ2v) is 4.60. The minimum atomic E-state index is -0.714. The smallest absolute Gasteiger partial charge is 0.307 e. The number of carboxylic acid groups (broad SMARTS) is 1. The van der Waals surface area contributed by atoms with Crippen molar-refractivity contribution in [2.24, 2.45) is 5.92 Å². The zero-order valence-corrected chi connectivity index (χ0v) is 9.86. The highest BCUT2D eigenvalue weighted by Gasteiger charge is 2.25. The van der Waals surface area contributed by atoms with Crippen LogP contribution >= 0.6 is 0 Å². The molecule has 3 unspecified atom stereocenters. The van der Waals surface area contributed by atoms with Crippen molar-refractivity contribution in [2.45, 2.75) is 38.8 Å². The number of likely N-dealkylation sites (N-methyl/N-ethyl adjacent to an activating group) is 1. The molecule has 15 heavy (non-hydrogen) atoms. The first kappa shape index (κ1) is 12.5. The van der Waals surface area contributed by atoms with Crippen LogP contribution in [0.5, 0.6) is 0 Å². The van der Waals surface area contributed by atoms with Gasteiger partial charge in [-0.05, 0) is 33.4 Å². The average Bonchev–Trinajstić information content (AvgIpc) is 2.67. The van der Waals surface area contributed by atoms with Gasteiger partial charge in [-0.25, -0.2) is 0 Å². The third-order valence-corrected chi connectivity index (χ3v) is 3.48. The van der Waals surface area contributed by atoms with E-state index < -0.39 is 5.97 Å². The van der Waals surface area contributed by atoms with Crippen LogP contribution in [-0.4, -0.2) is 48.2 Å². The maximum atomic E-state index is 10.8. The lowest BCUT2D eigenvalue weighted by Gasteiger charge is -2.29. The van der Waals surface area contributed by atoms with Gasteiger partial charge in [0.05, 0.1) is 5.92 Å². The third-order valence-electron chi connectivity index (χ3n) is 3.48. The molecule has 2 N–H and O–H groups in total. The Morgan fingerprint density at radius 3 is 2.73 bits per heavy atom. The van der Waals surface area contributed by atoms with Gasteiger partial charge in [-0.3, -0.25) is 4.79 Å². The summed E-state index contributed by atoms with van der Waals surface area (Å²) >= 11 is 0. The van der Waals surface area contributed by atoms with Crippen molar-refractivity contribution in [2.75, 3.05) is 20.1 Å². The molecule has 1 heterocycles. The molecule has 1 aliphatic heterocycles. The van der Waals surface area contributed by atoms with Crippen LogP contribution in [0, 0.1) is 5.92 Å². The maximum Gasteiger partial charge on any atom is 0.307 e. The van der Waals surface area contributed by atoms with E-state index in [0.29, 0.717) is 6.04 Å². The van der Waals surface area contributed by atoms with Gasteiger partial charge in [0.1, 0.15) is 0 Å². The molecule has 88 valence electrons. The molecule has 4 nitrogen and oxygen atoms in total. The van der Waals surface area contributed by atoms with Crippen LogP contribution in [0.3, 0.4) is 0 Å². The summed E-state index contributed by atoms with van der Waals surface area (Å²) in [4.78, 5) is 13.0. The van der Waals surface area contributed by atoms with Gasteiger partial charge < -0.3 is 15.3 Å². The van der Waals surface area contributed by atoms with Gasteiger partial charge in [-0.1, -0.05) is 6.92 Å². The molecule has 1 rings (SSSR count). The Kier molecular flexibility index (Phi) is 4.54. The van der Waals surface area contributed by atoms with Gasteiger partial charge in [0.15, 0.2) is 0 Å². The predicted octanol–water partition coefficient (Wildman–Crippen LogP) is 0.779. The Bertz CT molecular complexity index is 215. The number of hydrogen-bond acceptors (Lipinski definition) is 3. The SMILES string of the molecule is CC(C(=O)O)C(C)N(C)CC1CCCN1. The number of aliphatic carboxylic acids is 1. The van der Waals surface area contributed by atoms with E-state index in [2.05, 4.69) is 10.2 Å². The van der Waals surface area contributed by atoms with Gasteiger partial charge in [-0.15, -0.1) is 0 Å². The topological polar surface area (TPSA) is 52.6 Å². The van der Waals surface area contributed by atoms with Crippen LogP contribution in [0.15, 0.2) is 0 Å². The number of carbonyl (C=O) groups is 1. The van der Waals surface area contributed by atoms with Crippen LogP contribution in [0.2, 0.25) is 0 Å². The highest BCUT2D eigenvalue weighted by Crippen LogP contribution is 2.12. The quantitative estimate of drug-likeness (QED) is 0.710. The van der Waals surface area contributed by atoms with Crippen LogP contribution in [0.4, 0.5) is 0 Å². The highest BCUT2D eigenvalue weighted by atomic mass is 16.4. The van der Waals surface area contributed by atoms with Crippen molar-refractivity contribution in [3.8, 4) is 0 Å². The van der Waals surface area contributed by atoms with Crippen LogP contribution in [0.25, 0.3) is 0 Å². The summed E-state index contributed by atoms with van der Waals surface area (Å²) in [6, 6.07) is 0.628. The molecule has 0 spiro atoms. The summed E-state index contributed by atoms with van der Waals surface area (Å²) in [5.41, 5.74) is 0. The molecule has 0 aromatic carbocycles. The summed E-state index contributed by atoms with van der Waals surface area (Å²) in [7, 11) is 2.00. The largest absolute Gasteiger partial charge is 0.481 e. The maximum absolute atomic E-state index is 10.8. The van der Waals surface area contributed by atoms with E-state index in [1.54, 1.807) is 6.92 Å². The van der Waals surface area contributed by atoms with E-state index in [4.69, 9.17) is 5.11 Å². The van der Waals surface area contributed by atoms with Gasteiger partial charge >= 0.3 is 5.97 Å². The molecule has 0 radical (unpaired) electrons. The Labute approximate surface area is 91.6 Å². The minimum absolute atomic E-state index is 0.0879. The van der Waals surface area contributed by atoms with Crippen LogP contribution in [0.1, 0.15) is 26.7 Å². The number of hydrogen-bond donors (Lipinski definition) is 2. The van der Waals surface area contributed by atoms with Crippen molar-refractivity contribution in [1.29, 1.82) is 0 Å². The van der Waals surface area contributed by atoms with Crippen molar-refractivity contribution in [3.05, 3.63) is 0 Å². The summed E-state index contributed by atoms with van der Waals surface area (Å²) < 4.78 is 0. The molecule has 0 amide bonds. The first-order valence-corrected chi connectivity index (χ1v) is 5.68. The molecular formula is C11H22N2O2. The highest BCUT2D eigenvalue weighted by molar-refractivity contribution is 5.70. The first-order chi connectivity index (χ1) is 7.02. The van der Waals surface area contributed by atoms with E-state index in [1.807, 2.05) is 14.0 Å². The fourth-order valence-corrected chi connectivity index (χ4v) is 2.01. The van der Waals surface area contributed by atoms with E-state index >= 15 is 0 Å². The molecule has 0 aromatic rings. The molecule has 0 aromatic heterocycles. The van der Waals surface area contributed by atoms with Gasteiger partial charge in [0, 0.05) is 18.6 Å². The van der Waals surface area contributed by atoms with Crippen molar-refractivity contribution in [1.82, 2.24) is 10.2 Å². The van der Waals surface area contributed by atoms with E-state index in [-0.39, 0.29) is 12.0 Å². The van der Waals surface area contributed by atoms with E-state index in [0.717, 1.165) is 13.1 Å². The fraction of sp³-hybridized carbons (Fsp3) is 0.909.